The molecule has 2 atom stereocenters. The van der Waals surface area contributed by atoms with Gasteiger partial charge in [-0.05, 0) is 44.8 Å². The van der Waals surface area contributed by atoms with Crippen LogP contribution >= 0.6 is 0 Å². The number of likely N-dealkylation sites (tertiary alicyclic amines) is 1. The zero-order valence-corrected chi connectivity index (χ0v) is 10.1. The van der Waals surface area contributed by atoms with Crippen molar-refractivity contribution in [1.82, 2.24) is 4.90 Å². The summed E-state index contributed by atoms with van der Waals surface area (Å²) in [5.74, 6) is 0. The second-order valence-corrected chi connectivity index (χ2v) is 4.73. The highest BCUT2D eigenvalue weighted by molar-refractivity contribution is 5.19. The molecule has 0 aliphatic carbocycles. The summed E-state index contributed by atoms with van der Waals surface area (Å²) in [5.41, 5.74) is 7.17. The molecule has 0 bridgehead atoms. The number of nitrogens with zero attached hydrogens (tertiary/aromatic N) is 1. The molecule has 2 rings (SSSR count). The van der Waals surface area contributed by atoms with Crippen molar-refractivity contribution in [3.8, 4) is 0 Å². The van der Waals surface area contributed by atoms with Crippen molar-refractivity contribution in [3.05, 3.63) is 35.9 Å². The third-order valence-corrected chi connectivity index (χ3v) is 3.63. The van der Waals surface area contributed by atoms with Crippen LogP contribution < -0.4 is 5.73 Å². The maximum absolute atomic E-state index is 5.75. The topological polar surface area (TPSA) is 29.3 Å². The lowest BCUT2D eigenvalue weighted by Crippen LogP contribution is -2.32. The van der Waals surface area contributed by atoms with Gasteiger partial charge in [-0.25, -0.2) is 0 Å². The molecular weight excluding hydrogens is 196 g/mol. The number of benzene rings is 1. The molecule has 1 aliphatic rings. The molecule has 0 radical (unpaired) electrons. The van der Waals surface area contributed by atoms with E-state index in [0.717, 1.165) is 13.0 Å². The molecule has 1 saturated heterocycles. The Hall–Kier alpha value is -0.860. The Kier molecular flexibility index (Phi) is 3.97. The molecule has 1 heterocycles. The van der Waals surface area contributed by atoms with Crippen LogP contribution in [0.4, 0.5) is 0 Å². The van der Waals surface area contributed by atoms with Gasteiger partial charge in [0.15, 0.2) is 0 Å². The number of hydrogen-bond acceptors (Lipinski definition) is 2. The van der Waals surface area contributed by atoms with Crippen LogP contribution in [0.2, 0.25) is 0 Å². The Bertz CT molecular complexity index is 310. The van der Waals surface area contributed by atoms with Gasteiger partial charge in [0.25, 0.3) is 0 Å². The van der Waals surface area contributed by atoms with Crippen LogP contribution in [0.15, 0.2) is 30.3 Å². The van der Waals surface area contributed by atoms with E-state index in [9.17, 15) is 0 Å². The summed E-state index contributed by atoms with van der Waals surface area (Å²) in [7, 11) is 0. The van der Waals surface area contributed by atoms with Gasteiger partial charge in [-0.15, -0.1) is 0 Å². The molecule has 0 aromatic heterocycles. The molecule has 1 aliphatic heterocycles. The molecule has 0 spiro atoms. The summed E-state index contributed by atoms with van der Waals surface area (Å²) in [5, 5.41) is 0. The van der Waals surface area contributed by atoms with Crippen LogP contribution in [0.5, 0.6) is 0 Å². The highest BCUT2D eigenvalue weighted by Crippen LogP contribution is 2.31. The minimum Gasteiger partial charge on any atom is -0.330 e. The molecule has 1 fully saturated rings. The standard InChI is InChI=1S/C14H22N2/c1-12-6-5-11-16(12)14(9-10-15)13-7-3-2-4-8-13/h2-4,7-8,12,14H,5-6,9-11,15H2,1H3. The minimum absolute atomic E-state index is 0.517. The van der Waals surface area contributed by atoms with Crippen molar-refractivity contribution < 1.29 is 0 Å². The molecule has 0 amide bonds. The van der Waals surface area contributed by atoms with Crippen LogP contribution in [-0.4, -0.2) is 24.0 Å². The Morgan fingerprint density at radius 1 is 1.38 bits per heavy atom. The van der Waals surface area contributed by atoms with E-state index in [1.807, 2.05) is 0 Å². The smallest absolute Gasteiger partial charge is 0.0362 e. The fraction of sp³-hybridized carbons (Fsp3) is 0.571. The first kappa shape index (κ1) is 11.6. The SMILES string of the molecule is CC1CCCN1C(CCN)c1ccccc1. The van der Waals surface area contributed by atoms with E-state index in [1.165, 1.54) is 24.9 Å². The average molecular weight is 218 g/mol. The molecule has 0 saturated carbocycles. The Balaban J connectivity index is 2.16. The largest absolute Gasteiger partial charge is 0.330 e. The van der Waals surface area contributed by atoms with Crippen molar-refractivity contribution in [2.75, 3.05) is 13.1 Å². The normalized spacial score (nSPS) is 23.5. The highest BCUT2D eigenvalue weighted by Gasteiger charge is 2.27. The summed E-state index contributed by atoms with van der Waals surface area (Å²) < 4.78 is 0. The molecule has 2 unspecified atom stereocenters. The lowest BCUT2D eigenvalue weighted by atomic mass is 10.0. The van der Waals surface area contributed by atoms with Gasteiger partial charge in [-0.3, -0.25) is 4.90 Å². The average Bonchev–Trinajstić information content (AvgIpc) is 2.73. The lowest BCUT2D eigenvalue weighted by molar-refractivity contribution is 0.183. The third-order valence-electron chi connectivity index (χ3n) is 3.63. The van der Waals surface area contributed by atoms with Gasteiger partial charge in [0.1, 0.15) is 0 Å². The van der Waals surface area contributed by atoms with Gasteiger partial charge >= 0.3 is 0 Å². The van der Waals surface area contributed by atoms with Crippen LogP contribution in [-0.2, 0) is 0 Å². The van der Waals surface area contributed by atoms with Crippen molar-refractivity contribution in [2.24, 2.45) is 5.73 Å². The van der Waals surface area contributed by atoms with Gasteiger partial charge < -0.3 is 5.73 Å². The predicted octanol–water partition coefficient (Wildman–Crippen LogP) is 2.56. The van der Waals surface area contributed by atoms with Gasteiger partial charge in [-0.1, -0.05) is 30.3 Å². The first-order valence-electron chi connectivity index (χ1n) is 6.33. The van der Waals surface area contributed by atoms with Crippen LogP contribution in [0.3, 0.4) is 0 Å². The third kappa shape index (κ3) is 2.45. The Labute approximate surface area is 98.4 Å². The first-order chi connectivity index (χ1) is 7.83. The fourth-order valence-corrected chi connectivity index (χ4v) is 2.78. The maximum atomic E-state index is 5.75. The first-order valence-corrected chi connectivity index (χ1v) is 6.33. The van der Waals surface area contributed by atoms with Gasteiger partial charge in [-0.2, -0.15) is 0 Å². The molecule has 2 heteroatoms. The fourth-order valence-electron chi connectivity index (χ4n) is 2.78. The van der Waals surface area contributed by atoms with E-state index in [2.05, 4.69) is 42.2 Å². The highest BCUT2D eigenvalue weighted by atomic mass is 15.2. The monoisotopic (exact) mass is 218 g/mol. The van der Waals surface area contributed by atoms with Gasteiger partial charge in [0, 0.05) is 12.1 Å². The second kappa shape index (κ2) is 5.46. The second-order valence-electron chi connectivity index (χ2n) is 4.73. The van der Waals surface area contributed by atoms with E-state index < -0.39 is 0 Å². The lowest BCUT2D eigenvalue weighted by Gasteiger charge is -2.31. The maximum Gasteiger partial charge on any atom is 0.0362 e. The zero-order chi connectivity index (χ0) is 11.4. The number of hydrogen-bond donors (Lipinski definition) is 1. The van der Waals surface area contributed by atoms with E-state index >= 15 is 0 Å². The Morgan fingerprint density at radius 2 is 2.12 bits per heavy atom. The van der Waals surface area contributed by atoms with E-state index in [-0.39, 0.29) is 0 Å². The van der Waals surface area contributed by atoms with Crippen molar-refractivity contribution in [2.45, 2.75) is 38.3 Å². The molecular formula is C14H22N2. The Morgan fingerprint density at radius 3 is 2.69 bits per heavy atom. The van der Waals surface area contributed by atoms with Crippen molar-refractivity contribution in [1.29, 1.82) is 0 Å². The summed E-state index contributed by atoms with van der Waals surface area (Å²) in [6, 6.07) is 12.0. The van der Waals surface area contributed by atoms with Gasteiger partial charge in [0.05, 0.1) is 0 Å². The van der Waals surface area contributed by atoms with Crippen molar-refractivity contribution >= 4 is 0 Å². The molecule has 16 heavy (non-hydrogen) atoms. The number of rotatable bonds is 4. The minimum atomic E-state index is 0.517. The molecule has 88 valence electrons. The van der Waals surface area contributed by atoms with Crippen LogP contribution in [0.25, 0.3) is 0 Å². The summed E-state index contributed by atoms with van der Waals surface area (Å²) in [6.45, 7) is 4.32. The van der Waals surface area contributed by atoms with E-state index in [0.29, 0.717) is 12.1 Å². The van der Waals surface area contributed by atoms with Crippen LogP contribution in [0.1, 0.15) is 37.8 Å². The molecule has 1 aromatic carbocycles. The summed E-state index contributed by atoms with van der Waals surface area (Å²) in [4.78, 5) is 2.61. The molecule has 2 N–H and O–H groups in total. The summed E-state index contributed by atoms with van der Waals surface area (Å²) in [6.07, 6.45) is 3.72. The zero-order valence-electron chi connectivity index (χ0n) is 10.1. The number of nitrogens with two attached hydrogens (primary N) is 1. The van der Waals surface area contributed by atoms with E-state index in [1.54, 1.807) is 0 Å². The predicted molar refractivity (Wildman–Crippen MR) is 68.3 cm³/mol. The van der Waals surface area contributed by atoms with Gasteiger partial charge in [0.2, 0.25) is 0 Å². The van der Waals surface area contributed by atoms with Crippen LogP contribution in [0, 0.1) is 0 Å². The quantitative estimate of drug-likeness (QED) is 0.841. The summed E-state index contributed by atoms with van der Waals surface area (Å²) >= 11 is 0. The van der Waals surface area contributed by atoms with E-state index in [4.69, 9.17) is 5.73 Å². The molecule has 2 nitrogen and oxygen atoms in total. The van der Waals surface area contributed by atoms with Crippen molar-refractivity contribution in [3.63, 3.8) is 0 Å². The molecule has 1 aromatic rings.